The Morgan fingerprint density at radius 1 is 1.50 bits per heavy atom. The van der Waals surface area contributed by atoms with Gasteiger partial charge < -0.3 is 15.3 Å². The molecule has 0 radical (unpaired) electrons. The van der Waals surface area contributed by atoms with Crippen LogP contribution in [0.4, 0.5) is 10.5 Å². The first-order valence-corrected chi connectivity index (χ1v) is 8.37. The first-order chi connectivity index (χ1) is 11.4. The SMILES string of the molecule is Cc1ccc(C(C)NC(=O)N2CCCCC2CCO)cc1[N+](=O)[O-]. The Hall–Kier alpha value is -2.15. The minimum Gasteiger partial charge on any atom is -0.396 e. The van der Waals surface area contributed by atoms with Gasteiger partial charge in [0.1, 0.15) is 0 Å². The van der Waals surface area contributed by atoms with E-state index < -0.39 is 4.92 Å². The van der Waals surface area contributed by atoms with Gasteiger partial charge in [-0.1, -0.05) is 12.1 Å². The second-order valence-electron chi connectivity index (χ2n) is 6.33. The number of aliphatic hydroxyl groups excluding tert-OH is 1. The van der Waals surface area contributed by atoms with Crippen LogP contribution in [0.5, 0.6) is 0 Å². The fourth-order valence-corrected chi connectivity index (χ4v) is 3.16. The molecule has 0 saturated carbocycles. The van der Waals surface area contributed by atoms with E-state index in [0.717, 1.165) is 19.3 Å². The number of carbonyl (C=O) groups excluding carboxylic acids is 1. The molecule has 1 saturated heterocycles. The lowest BCUT2D eigenvalue weighted by Crippen LogP contribution is -2.49. The van der Waals surface area contributed by atoms with E-state index in [9.17, 15) is 14.9 Å². The highest BCUT2D eigenvalue weighted by Gasteiger charge is 2.27. The maximum Gasteiger partial charge on any atom is 0.318 e. The van der Waals surface area contributed by atoms with Crippen molar-refractivity contribution in [1.29, 1.82) is 0 Å². The monoisotopic (exact) mass is 335 g/mol. The van der Waals surface area contributed by atoms with E-state index in [1.807, 2.05) is 6.92 Å². The molecule has 24 heavy (non-hydrogen) atoms. The molecule has 132 valence electrons. The van der Waals surface area contributed by atoms with Crippen molar-refractivity contribution in [1.82, 2.24) is 10.2 Å². The Morgan fingerprint density at radius 2 is 2.25 bits per heavy atom. The number of hydrogen-bond donors (Lipinski definition) is 2. The summed E-state index contributed by atoms with van der Waals surface area (Å²) in [5.41, 5.74) is 1.36. The third-order valence-corrected chi connectivity index (χ3v) is 4.62. The largest absolute Gasteiger partial charge is 0.396 e. The predicted octanol–water partition coefficient (Wildman–Crippen LogP) is 2.91. The lowest BCUT2D eigenvalue weighted by Gasteiger charge is -2.36. The quantitative estimate of drug-likeness (QED) is 0.639. The number of nitrogens with zero attached hydrogens (tertiary/aromatic N) is 2. The molecule has 1 aromatic carbocycles. The van der Waals surface area contributed by atoms with Crippen LogP contribution < -0.4 is 5.32 Å². The third kappa shape index (κ3) is 4.23. The van der Waals surface area contributed by atoms with Gasteiger partial charge in [0.2, 0.25) is 0 Å². The molecule has 1 aliphatic heterocycles. The molecule has 1 fully saturated rings. The van der Waals surface area contributed by atoms with Crippen LogP contribution >= 0.6 is 0 Å². The lowest BCUT2D eigenvalue weighted by molar-refractivity contribution is -0.385. The van der Waals surface area contributed by atoms with Gasteiger partial charge in [-0.2, -0.15) is 0 Å². The summed E-state index contributed by atoms with van der Waals surface area (Å²) in [5.74, 6) is 0. The Balaban J connectivity index is 2.08. The van der Waals surface area contributed by atoms with Crippen molar-refractivity contribution in [2.24, 2.45) is 0 Å². The molecule has 2 atom stereocenters. The molecule has 0 spiro atoms. The Morgan fingerprint density at radius 3 is 2.92 bits per heavy atom. The highest BCUT2D eigenvalue weighted by molar-refractivity contribution is 5.75. The number of aryl methyl sites for hydroxylation is 1. The Bertz CT molecular complexity index is 603. The number of rotatable bonds is 5. The summed E-state index contributed by atoms with van der Waals surface area (Å²) in [6.45, 7) is 4.25. The number of nitrogens with one attached hydrogen (secondary N) is 1. The van der Waals surface area contributed by atoms with Gasteiger partial charge in [-0.05, 0) is 45.1 Å². The lowest BCUT2D eigenvalue weighted by atomic mass is 10.00. The van der Waals surface area contributed by atoms with Crippen LogP contribution in [0.1, 0.15) is 49.8 Å². The molecule has 0 bridgehead atoms. The Labute approximate surface area is 141 Å². The predicted molar refractivity (Wildman–Crippen MR) is 90.8 cm³/mol. The van der Waals surface area contributed by atoms with Crippen molar-refractivity contribution in [2.45, 2.75) is 51.6 Å². The van der Waals surface area contributed by atoms with Gasteiger partial charge in [0.25, 0.3) is 5.69 Å². The number of nitro benzene ring substituents is 1. The zero-order valence-electron chi connectivity index (χ0n) is 14.2. The van der Waals surface area contributed by atoms with Crippen LogP contribution in [0.25, 0.3) is 0 Å². The average Bonchev–Trinajstić information content (AvgIpc) is 2.55. The van der Waals surface area contributed by atoms with E-state index in [2.05, 4.69) is 5.32 Å². The van der Waals surface area contributed by atoms with Gasteiger partial charge in [-0.25, -0.2) is 4.79 Å². The van der Waals surface area contributed by atoms with E-state index in [4.69, 9.17) is 5.11 Å². The first-order valence-electron chi connectivity index (χ1n) is 8.37. The third-order valence-electron chi connectivity index (χ3n) is 4.62. The second kappa shape index (κ2) is 8.10. The van der Waals surface area contributed by atoms with Crippen molar-refractivity contribution < 1.29 is 14.8 Å². The van der Waals surface area contributed by atoms with Gasteiger partial charge in [-0.15, -0.1) is 0 Å². The first kappa shape index (κ1) is 18.2. The topological polar surface area (TPSA) is 95.7 Å². The molecule has 0 aliphatic carbocycles. The number of carbonyl (C=O) groups is 1. The number of piperidine rings is 1. The van der Waals surface area contributed by atoms with Crippen molar-refractivity contribution in [3.05, 3.63) is 39.4 Å². The summed E-state index contributed by atoms with van der Waals surface area (Å²) < 4.78 is 0. The van der Waals surface area contributed by atoms with Gasteiger partial charge in [0.15, 0.2) is 0 Å². The fourth-order valence-electron chi connectivity index (χ4n) is 3.16. The molecule has 2 rings (SSSR count). The van der Waals surface area contributed by atoms with Crippen LogP contribution in [0.3, 0.4) is 0 Å². The average molecular weight is 335 g/mol. The minimum atomic E-state index is -0.407. The van der Waals surface area contributed by atoms with Gasteiger partial charge >= 0.3 is 6.03 Å². The molecule has 2 N–H and O–H groups in total. The molecule has 2 amide bonds. The highest BCUT2D eigenvalue weighted by atomic mass is 16.6. The van der Waals surface area contributed by atoms with Crippen molar-refractivity contribution in [3.8, 4) is 0 Å². The smallest absolute Gasteiger partial charge is 0.318 e. The zero-order valence-corrected chi connectivity index (χ0v) is 14.2. The van der Waals surface area contributed by atoms with Gasteiger partial charge in [0.05, 0.1) is 11.0 Å². The van der Waals surface area contributed by atoms with E-state index in [0.29, 0.717) is 24.1 Å². The number of aliphatic hydroxyl groups is 1. The fraction of sp³-hybridized carbons (Fsp3) is 0.588. The molecular weight excluding hydrogens is 310 g/mol. The standard InChI is InChI=1S/C17H25N3O4/c1-12-6-7-14(11-16(12)20(23)24)13(2)18-17(22)19-9-4-3-5-15(19)8-10-21/h6-7,11,13,15,21H,3-5,8-10H2,1-2H3,(H,18,22). The number of benzene rings is 1. The molecular formula is C17H25N3O4. The summed E-state index contributed by atoms with van der Waals surface area (Å²) in [6, 6.07) is 4.57. The molecule has 1 aromatic rings. The molecule has 0 aromatic heterocycles. The van der Waals surface area contributed by atoms with Crippen LogP contribution in [0.2, 0.25) is 0 Å². The van der Waals surface area contributed by atoms with Crippen LogP contribution in [0.15, 0.2) is 18.2 Å². The maximum atomic E-state index is 12.6. The zero-order chi connectivity index (χ0) is 17.7. The van der Waals surface area contributed by atoms with Crippen LogP contribution in [-0.2, 0) is 0 Å². The van der Waals surface area contributed by atoms with E-state index >= 15 is 0 Å². The number of amides is 2. The van der Waals surface area contributed by atoms with Gasteiger partial charge in [0, 0.05) is 30.8 Å². The van der Waals surface area contributed by atoms with Crippen molar-refractivity contribution in [3.63, 3.8) is 0 Å². The normalized spacial score (nSPS) is 19.0. The van der Waals surface area contributed by atoms with Crippen molar-refractivity contribution in [2.75, 3.05) is 13.2 Å². The number of hydrogen-bond acceptors (Lipinski definition) is 4. The highest BCUT2D eigenvalue weighted by Crippen LogP contribution is 2.24. The number of urea groups is 1. The minimum absolute atomic E-state index is 0.0586. The van der Waals surface area contributed by atoms with Crippen LogP contribution in [-0.4, -0.2) is 40.2 Å². The molecule has 1 heterocycles. The molecule has 2 unspecified atom stereocenters. The van der Waals surface area contributed by atoms with Crippen LogP contribution in [0, 0.1) is 17.0 Å². The summed E-state index contributed by atoms with van der Waals surface area (Å²) in [7, 11) is 0. The molecule has 1 aliphatic rings. The Kier molecular flexibility index (Phi) is 6.14. The second-order valence-corrected chi connectivity index (χ2v) is 6.33. The number of nitro groups is 1. The van der Waals surface area contributed by atoms with E-state index in [-0.39, 0.29) is 30.4 Å². The summed E-state index contributed by atoms with van der Waals surface area (Å²) in [5, 5.41) is 23.2. The number of likely N-dealkylation sites (tertiary alicyclic amines) is 1. The summed E-state index contributed by atoms with van der Waals surface area (Å²) in [4.78, 5) is 25.0. The summed E-state index contributed by atoms with van der Waals surface area (Å²) >= 11 is 0. The van der Waals surface area contributed by atoms with E-state index in [1.54, 1.807) is 24.0 Å². The molecule has 7 nitrogen and oxygen atoms in total. The molecule has 7 heteroatoms. The van der Waals surface area contributed by atoms with E-state index in [1.165, 1.54) is 6.07 Å². The van der Waals surface area contributed by atoms with Crippen molar-refractivity contribution >= 4 is 11.7 Å². The van der Waals surface area contributed by atoms with Gasteiger partial charge in [-0.3, -0.25) is 10.1 Å². The summed E-state index contributed by atoms with van der Waals surface area (Å²) in [6.07, 6.45) is 3.50. The maximum absolute atomic E-state index is 12.6.